The molecule has 1 aromatic heterocycles. The Hall–Kier alpha value is -2.40. The second-order valence-electron chi connectivity index (χ2n) is 6.88. The molecule has 1 aliphatic heterocycles. The van der Waals surface area contributed by atoms with Gasteiger partial charge in [-0.25, -0.2) is 0 Å². The monoisotopic (exact) mass is 340 g/mol. The molecular weight excluding hydrogens is 316 g/mol. The number of hydrogen-bond donors (Lipinski definition) is 2. The van der Waals surface area contributed by atoms with E-state index in [1.165, 1.54) is 5.56 Å². The zero-order valence-electron chi connectivity index (χ0n) is 14.7. The fraction of sp³-hybridized carbons (Fsp3) is 0.400. The van der Waals surface area contributed by atoms with Crippen LogP contribution in [0.5, 0.6) is 5.75 Å². The Labute approximate surface area is 148 Å². The van der Waals surface area contributed by atoms with Gasteiger partial charge < -0.3 is 15.2 Å². The van der Waals surface area contributed by atoms with Gasteiger partial charge in [0.15, 0.2) is 0 Å². The Morgan fingerprint density at radius 2 is 2.12 bits per heavy atom. The molecule has 5 heteroatoms. The van der Waals surface area contributed by atoms with Crippen LogP contribution in [0.15, 0.2) is 36.7 Å². The summed E-state index contributed by atoms with van der Waals surface area (Å²) in [5.74, 6) is 1.10. The lowest BCUT2D eigenvalue weighted by molar-refractivity contribution is 0.0900. The standard InChI is InChI=1S/C20H24N2O3/c1-13(2)7-18(23)12-22-20(24)17-9-16(10-21-11-17)14-3-4-19-15(8-14)5-6-25-19/h3-4,8-11,13,18,23H,5-7,12H2,1-2H3,(H,22,24). The molecule has 1 aliphatic rings. The molecule has 0 aliphatic carbocycles. The number of hydrogen-bond acceptors (Lipinski definition) is 4. The van der Waals surface area contributed by atoms with Crippen LogP contribution in [0.3, 0.4) is 0 Å². The number of aliphatic hydroxyl groups is 1. The van der Waals surface area contributed by atoms with Gasteiger partial charge in [0.1, 0.15) is 5.75 Å². The van der Waals surface area contributed by atoms with Crippen LogP contribution < -0.4 is 10.1 Å². The first-order chi connectivity index (χ1) is 12.0. The number of ether oxygens (including phenoxy) is 1. The van der Waals surface area contributed by atoms with E-state index in [4.69, 9.17) is 4.74 Å². The van der Waals surface area contributed by atoms with E-state index in [-0.39, 0.29) is 12.5 Å². The summed E-state index contributed by atoms with van der Waals surface area (Å²) in [6.07, 6.45) is 4.34. The van der Waals surface area contributed by atoms with Crippen LogP contribution in [0, 0.1) is 5.92 Å². The van der Waals surface area contributed by atoms with Crippen LogP contribution in [0.1, 0.15) is 36.2 Å². The molecule has 1 atom stereocenters. The van der Waals surface area contributed by atoms with Crippen molar-refractivity contribution in [3.05, 3.63) is 47.8 Å². The Balaban J connectivity index is 1.70. The molecule has 2 N–H and O–H groups in total. The lowest BCUT2D eigenvalue weighted by Gasteiger charge is -2.14. The van der Waals surface area contributed by atoms with Crippen molar-refractivity contribution in [3.63, 3.8) is 0 Å². The lowest BCUT2D eigenvalue weighted by Crippen LogP contribution is -2.32. The number of pyridine rings is 1. The zero-order chi connectivity index (χ0) is 17.8. The van der Waals surface area contributed by atoms with E-state index in [1.54, 1.807) is 12.4 Å². The van der Waals surface area contributed by atoms with Crippen molar-refractivity contribution in [2.45, 2.75) is 32.8 Å². The average molecular weight is 340 g/mol. The molecule has 0 fully saturated rings. The first-order valence-electron chi connectivity index (χ1n) is 8.70. The first-order valence-corrected chi connectivity index (χ1v) is 8.70. The predicted octanol–water partition coefficient (Wildman–Crippen LogP) is 2.82. The largest absolute Gasteiger partial charge is 0.493 e. The third kappa shape index (κ3) is 4.37. The number of aromatic nitrogens is 1. The first kappa shape index (κ1) is 17.4. The number of fused-ring (bicyclic) bond motifs is 1. The molecule has 0 saturated heterocycles. The fourth-order valence-corrected chi connectivity index (χ4v) is 3.03. The Kier molecular flexibility index (Phi) is 5.34. The maximum atomic E-state index is 12.3. The second kappa shape index (κ2) is 7.66. The maximum absolute atomic E-state index is 12.3. The van der Waals surface area contributed by atoms with E-state index < -0.39 is 6.10 Å². The number of aliphatic hydroxyl groups excluding tert-OH is 1. The summed E-state index contributed by atoms with van der Waals surface area (Å²) in [6, 6.07) is 7.87. The van der Waals surface area contributed by atoms with E-state index in [2.05, 4.69) is 16.4 Å². The predicted molar refractivity (Wildman–Crippen MR) is 96.7 cm³/mol. The molecule has 1 aromatic carbocycles. The molecule has 1 unspecified atom stereocenters. The maximum Gasteiger partial charge on any atom is 0.252 e. The van der Waals surface area contributed by atoms with Gasteiger partial charge in [0.2, 0.25) is 0 Å². The third-order valence-corrected chi connectivity index (χ3v) is 4.26. The quantitative estimate of drug-likeness (QED) is 0.848. The van der Waals surface area contributed by atoms with E-state index >= 15 is 0 Å². The summed E-state index contributed by atoms with van der Waals surface area (Å²) in [4.78, 5) is 16.5. The number of benzene rings is 1. The minimum absolute atomic E-state index is 0.221. The van der Waals surface area contributed by atoms with Crippen LogP contribution in [0.4, 0.5) is 0 Å². The van der Waals surface area contributed by atoms with Crippen LogP contribution in [0.2, 0.25) is 0 Å². The highest BCUT2D eigenvalue weighted by Gasteiger charge is 2.14. The molecule has 3 rings (SSSR count). The van der Waals surface area contributed by atoms with Crippen LogP contribution in [0.25, 0.3) is 11.1 Å². The minimum atomic E-state index is -0.531. The van der Waals surface area contributed by atoms with Crippen molar-refractivity contribution in [2.24, 2.45) is 5.92 Å². The molecule has 132 valence electrons. The zero-order valence-corrected chi connectivity index (χ0v) is 14.7. The van der Waals surface area contributed by atoms with Crippen LogP contribution in [-0.2, 0) is 6.42 Å². The minimum Gasteiger partial charge on any atom is -0.493 e. The number of nitrogens with zero attached hydrogens (tertiary/aromatic N) is 1. The lowest BCUT2D eigenvalue weighted by atomic mass is 10.0. The molecule has 0 saturated carbocycles. The molecule has 2 aromatic rings. The molecule has 0 bridgehead atoms. The van der Waals surface area contributed by atoms with Crippen molar-refractivity contribution in [3.8, 4) is 16.9 Å². The summed E-state index contributed by atoms with van der Waals surface area (Å²) in [7, 11) is 0. The third-order valence-electron chi connectivity index (χ3n) is 4.26. The van der Waals surface area contributed by atoms with Crippen LogP contribution in [-0.4, -0.2) is 35.3 Å². The van der Waals surface area contributed by atoms with E-state index in [9.17, 15) is 9.90 Å². The van der Waals surface area contributed by atoms with E-state index in [1.807, 2.05) is 32.0 Å². The average Bonchev–Trinajstić information content (AvgIpc) is 3.07. The number of rotatable bonds is 6. The highest BCUT2D eigenvalue weighted by molar-refractivity contribution is 5.95. The highest BCUT2D eigenvalue weighted by Crippen LogP contribution is 2.30. The van der Waals surface area contributed by atoms with Gasteiger partial charge in [-0.1, -0.05) is 19.9 Å². The fourth-order valence-electron chi connectivity index (χ4n) is 3.03. The molecule has 25 heavy (non-hydrogen) atoms. The second-order valence-corrected chi connectivity index (χ2v) is 6.88. The Morgan fingerprint density at radius 3 is 2.92 bits per heavy atom. The van der Waals surface area contributed by atoms with Gasteiger partial charge in [-0.2, -0.15) is 0 Å². The summed E-state index contributed by atoms with van der Waals surface area (Å²) < 4.78 is 5.53. The van der Waals surface area contributed by atoms with Gasteiger partial charge in [-0.15, -0.1) is 0 Å². The van der Waals surface area contributed by atoms with Crippen molar-refractivity contribution in [2.75, 3.05) is 13.2 Å². The van der Waals surface area contributed by atoms with E-state index in [0.717, 1.165) is 29.9 Å². The molecule has 0 spiro atoms. The van der Waals surface area contributed by atoms with Gasteiger partial charge in [0.25, 0.3) is 5.91 Å². The molecular formula is C20H24N2O3. The summed E-state index contributed by atoms with van der Waals surface area (Å²) in [5.41, 5.74) is 3.59. The van der Waals surface area contributed by atoms with Crippen LogP contribution >= 0.6 is 0 Å². The van der Waals surface area contributed by atoms with Gasteiger partial charge in [-0.3, -0.25) is 9.78 Å². The van der Waals surface area contributed by atoms with Crippen molar-refractivity contribution < 1.29 is 14.6 Å². The van der Waals surface area contributed by atoms with Gasteiger partial charge in [-0.05, 0) is 41.7 Å². The van der Waals surface area contributed by atoms with Crippen molar-refractivity contribution in [1.82, 2.24) is 10.3 Å². The molecule has 1 amide bonds. The number of nitrogens with one attached hydrogen (secondary N) is 1. The number of carbonyl (C=O) groups excluding carboxylic acids is 1. The SMILES string of the molecule is CC(C)CC(O)CNC(=O)c1cncc(-c2ccc3c(c2)CCO3)c1. The molecule has 5 nitrogen and oxygen atoms in total. The van der Waals surface area contributed by atoms with E-state index in [0.29, 0.717) is 17.9 Å². The number of carbonyl (C=O) groups is 1. The molecule has 2 heterocycles. The summed E-state index contributed by atoms with van der Waals surface area (Å²) in [6.45, 7) is 5.05. The Bertz CT molecular complexity index is 758. The van der Waals surface area contributed by atoms with Crippen molar-refractivity contribution >= 4 is 5.91 Å². The summed E-state index contributed by atoms with van der Waals surface area (Å²) in [5, 5.41) is 12.7. The molecule has 0 radical (unpaired) electrons. The topological polar surface area (TPSA) is 71.5 Å². The Morgan fingerprint density at radius 1 is 1.28 bits per heavy atom. The van der Waals surface area contributed by atoms with Gasteiger partial charge in [0, 0.05) is 30.9 Å². The van der Waals surface area contributed by atoms with Crippen molar-refractivity contribution in [1.29, 1.82) is 0 Å². The summed E-state index contributed by atoms with van der Waals surface area (Å²) >= 11 is 0. The highest BCUT2D eigenvalue weighted by atomic mass is 16.5. The van der Waals surface area contributed by atoms with Gasteiger partial charge in [0.05, 0.1) is 18.3 Å². The van der Waals surface area contributed by atoms with Gasteiger partial charge >= 0.3 is 0 Å². The normalized spacial score (nSPS) is 14.1. The number of amides is 1. The smallest absolute Gasteiger partial charge is 0.252 e.